The van der Waals surface area contributed by atoms with Crippen molar-refractivity contribution in [1.29, 1.82) is 0 Å². The van der Waals surface area contributed by atoms with E-state index in [-0.39, 0.29) is 0 Å². The molecule has 0 rings (SSSR count). The summed E-state index contributed by atoms with van der Waals surface area (Å²) >= 11 is 1.83. The molecule has 0 amide bonds. The van der Waals surface area contributed by atoms with Gasteiger partial charge in [0.25, 0.3) is 0 Å². The lowest BCUT2D eigenvalue weighted by Gasteiger charge is -2.07. The van der Waals surface area contributed by atoms with Gasteiger partial charge >= 0.3 is 0 Å². The fraction of sp³-hybridized carbons (Fsp3) is 1.00. The van der Waals surface area contributed by atoms with Gasteiger partial charge in [-0.25, -0.2) is 0 Å². The molecule has 0 bridgehead atoms. The summed E-state index contributed by atoms with van der Waals surface area (Å²) in [4.78, 5) is 0. The van der Waals surface area contributed by atoms with Gasteiger partial charge in [-0.1, -0.05) is 0 Å². The van der Waals surface area contributed by atoms with Gasteiger partial charge in [0.1, 0.15) is 0 Å². The molecule has 2 nitrogen and oxygen atoms in total. The topological polar surface area (TPSA) is 29.5 Å². The first-order valence-corrected chi connectivity index (χ1v) is 4.68. The molecule has 0 heterocycles. The maximum atomic E-state index is 8.44. The Morgan fingerprint density at radius 3 is 2.80 bits per heavy atom. The molecule has 3 heteroatoms. The molecule has 1 N–H and O–H groups in total. The van der Waals surface area contributed by atoms with E-state index in [0.717, 1.165) is 17.9 Å². The lowest BCUT2D eigenvalue weighted by atomic mass is 10.5. The minimum atomic E-state index is 0.300. The third-order valence-electron chi connectivity index (χ3n) is 1.20. The highest BCUT2D eigenvalue weighted by Gasteiger charge is 1.97. The molecule has 0 aliphatic heterocycles. The van der Waals surface area contributed by atoms with Crippen LogP contribution in [0.5, 0.6) is 0 Å². The quantitative estimate of drug-likeness (QED) is 0.597. The molecule has 0 saturated heterocycles. The van der Waals surface area contributed by atoms with E-state index in [1.807, 2.05) is 18.7 Å². The van der Waals surface area contributed by atoms with Gasteiger partial charge in [-0.3, -0.25) is 0 Å². The zero-order valence-electron chi connectivity index (χ0n) is 6.67. The molecule has 10 heavy (non-hydrogen) atoms. The minimum absolute atomic E-state index is 0.300. The second kappa shape index (κ2) is 7.38. The summed E-state index contributed by atoms with van der Waals surface area (Å²) in [5, 5.41) is 8.44. The fourth-order valence-electron chi connectivity index (χ4n) is 0.484. The molecule has 0 fully saturated rings. The normalized spacial score (nSPS) is 13.5. The first kappa shape index (κ1) is 10.3. The molecular weight excluding hydrogens is 148 g/mol. The number of methoxy groups -OCH3 is 1. The maximum absolute atomic E-state index is 8.44. The van der Waals surface area contributed by atoms with Crippen molar-refractivity contribution in [2.75, 3.05) is 25.2 Å². The van der Waals surface area contributed by atoms with Crippen LogP contribution in [0.1, 0.15) is 13.3 Å². The molecule has 0 radical (unpaired) electrons. The minimum Gasteiger partial charge on any atom is -0.396 e. The van der Waals surface area contributed by atoms with Gasteiger partial charge < -0.3 is 9.84 Å². The van der Waals surface area contributed by atoms with E-state index in [9.17, 15) is 0 Å². The second-order valence-corrected chi connectivity index (χ2v) is 3.35. The predicted octanol–water partition coefficient (Wildman–Crippen LogP) is 1.14. The summed E-state index contributed by atoms with van der Waals surface area (Å²) in [6.45, 7) is 2.35. The van der Waals surface area contributed by atoms with E-state index >= 15 is 0 Å². The SMILES string of the molecule is COC(C)CSCCCO. The summed E-state index contributed by atoms with van der Waals surface area (Å²) in [6.07, 6.45) is 1.23. The molecule has 0 spiro atoms. The summed E-state index contributed by atoms with van der Waals surface area (Å²) in [7, 11) is 1.72. The Morgan fingerprint density at radius 2 is 2.30 bits per heavy atom. The zero-order chi connectivity index (χ0) is 7.82. The van der Waals surface area contributed by atoms with Crippen LogP contribution in [0.15, 0.2) is 0 Å². The van der Waals surface area contributed by atoms with Gasteiger partial charge in [-0.2, -0.15) is 11.8 Å². The van der Waals surface area contributed by atoms with E-state index < -0.39 is 0 Å². The summed E-state index contributed by atoms with van der Waals surface area (Å²) in [5.74, 6) is 2.06. The van der Waals surface area contributed by atoms with Gasteiger partial charge in [-0.05, 0) is 19.1 Å². The monoisotopic (exact) mass is 164 g/mol. The number of hydrogen-bond acceptors (Lipinski definition) is 3. The van der Waals surface area contributed by atoms with Crippen LogP contribution in [-0.4, -0.2) is 36.4 Å². The number of thioether (sulfide) groups is 1. The van der Waals surface area contributed by atoms with E-state index in [1.165, 1.54) is 0 Å². The number of aliphatic hydroxyl groups excluding tert-OH is 1. The van der Waals surface area contributed by atoms with Crippen molar-refractivity contribution in [3.8, 4) is 0 Å². The van der Waals surface area contributed by atoms with E-state index in [0.29, 0.717) is 12.7 Å². The van der Waals surface area contributed by atoms with Gasteiger partial charge in [0.15, 0.2) is 0 Å². The Balaban J connectivity index is 2.89. The number of ether oxygens (including phenoxy) is 1. The predicted molar refractivity (Wildman–Crippen MR) is 45.5 cm³/mol. The van der Waals surface area contributed by atoms with Crippen molar-refractivity contribution in [2.45, 2.75) is 19.4 Å². The van der Waals surface area contributed by atoms with Crippen LogP contribution in [-0.2, 0) is 4.74 Å². The lowest BCUT2D eigenvalue weighted by Crippen LogP contribution is -2.08. The summed E-state index contributed by atoms with van der Waals surface area (Å²) in [5.41, 5.74) is 0. The van der Waals surface area contributed by atoms with Crippen molar-refractivity contribution in [3.63, 3.8) is 0 Å². The van der Waals surface area contributed by atoms with Crippen LogP contribution in [0.3, 0.4) is 0 Å². The molecule has 0 aromatic heterocycles. The van der Waals surface area contributed by atoms with Gasteiger partial charge in [0.05, 0.1) is 6.10 Å². The van der Waals surface area contributed by atoms with Crippen LogP contribution < -0.4 is 0 Å². The maximum Gasteiger partial charge on any atom is 0.0633 e. The Labute approximate surface area is 67.0 Å². The molecule has 1 unspecified atom stereocenters. The number of rotatable bonds is 6. The highest BCUT2D eigenvalue weighted by Crippen LogP contribution is 2.05. The second-order valence-electron chi connectivity index (χ2n) is 2.20. The van der Waals surface area contributed by atoms with Gasteiger partial charge in [-0.15, -0.1) is 0 Å². The van der Waals surface area contributed by atoms with Crippen LogP contribution >= 0.6 is 11.8 Å². The van der Waals surface area contributed by atoms with Crippen molar-refractivity contribution in [3.05, 3.63) is 0 Å². The Hall–Kier alpha value is 0.270. The highest BCUT2D eigenvalue weighted by atomic mass is 32.2. The molecular formula is C7H16O2S. The highest BCUT2D eigenvalue weighted by molar-refractivity contribution is 7.99. The molecule has 0 aliphatic carbocycles. The van der Waals surface area contributed by atoms with E-state index in [4.69, 9.17) is 9.84 Å². The summed E-state index contributed by atoms with van der Waals surface area (Å²) < 4.78 is 5.05. The molecule has 62 valence electrons. The van der Waals surface area contributed by atoms with E-state index in [2.05, 4.69) is 0 Å². The average Bonchev–Trinajstić information content (AvgIpc) is 1.98. The van der Waals surface area contributed by atoms with Crippen LogP contribution in [0.25, 0.3) is 0 Å². The third kappa shape index (κ3) is 6.39. The molecule has 0 aliphatic rings. The summed E-state index contributed by atoms with van der Waals surface area (Å²) in [6, 6.07) is 0. The van der Waals surface area contributed by atoms with Crippen molar-refractivity contribution in [1.82, 2.24) is 0 Å². The zero-order valence-corrected chi connectivity index (χ0v) is 7.49. The number of hydrogen-bond donors (Lipinski definition) is 1. The Kier molecular flexibility index (Phi) is 7.58. The van der Waals surface area contributed by atoms with Gasteiger partial charge in [0.2, 0.25) is 0 Å². The van der Waals surface area contributed by atoms with Crippen LogP contribution in [0.4, 0.5) is 0 Å². The van der Waals surface area contributed by atoms with Gasteiger partial charge in [0, 0.05) is 19.5 Å². The first-order valence-electron chi connectivity index (χ1n) is 3.52. The largest absolute Gasteiger partial charge is 0.396 e. The van der Waals surface area contributed by atoms with Crippen LogP contribution in [0.2, 0.25) is 0 Å². The molecule has 0 aromatic rings. The molecule has 0 saturated carbocycles. The van der Waals surface area contributed by atoms with Crippen molar-refractivity contribution in [2.24, 2.45) is 0 Å². The van der Waals surface area contributed by atoms with E-state index in [1.54, 1.807) is 7.11 Å². The fourth-order valence-corrected chi connectivity index (χ4v) is 1.45. The van der Waals surface area contributed by atoms with Crippen molar-refractivity contribution >= 4 is 11.8 Å². The standard InChI is InChI=1S/C7H16O2S/c1-7(9-2)6-10-5-3-4-8/h7-8H,3-6H2,1-2H3. The molecule has 0 aromatic carbocycles. The Bertz CT molecular complexity index is 68.6. The van der Waals surface area contributed by atoms with Crippen LogP contribution in [0, 0.1) is 0 Å². The third-order valence-corrected chi connectivity index (χ3v) is 2.48. The first-order chi connectivity index (χ1) is 4.81. The lowest BCUT2D eigenvalue weighted by molar-refractivity contribution is 0.138. The Morgan fingerprint density at radius 1 is 1.60 bits per heavy atom. The van der Waals surface area contributed by atoms with Crippen molar-refractivity contribution < 1.29 is 9.84 Å². The molecule has 1 atom stereocenters. The average molecular weight is 164 g/mol. The smallest absolute Gasteiger partial charge is 0.0633 e. The number of aliphatic hydroxyl groups is 1.